The molecule has 2 aromatic heterocycles. The van der Waals surface area contributed by atoms with E-state index in [1.54, 1.807) is 21.7 Å². The van der Waals surface area contributed by atoms with Gasteiger partial charge < -0.3 is 14.8 Å². The third-order valence-electron chi connectivity index (χ3n) is 5.31. The molecule has 154 valence electrons. The minimum atomic E-state index is -0.511. The van der Waals surface area contributed by atoms with Gasteiger partial charge >= 0.3 is 0 Å². The summed E-state index contributed by atoms with van der Waals surface area (Å²) >= 11 is 3.43. The quantitative estimate of drug-likeness (QED) is 0.580. The molecule has 1 aliphatic heterocycles. The van der Waals surface area contributed by atoms with E-state index in [0.29, 0.717) is 24.3 Å². The number of amides is 2. The summed E-state index contributed by atoms with van der Waals surface area (Å²) in [7, 11) is 0. The molecule has 8 heteroatoms. The first-order valence-corrected chi connectivity index (χ1v) is 10.5. The van der Waals surface area contributed by atoms with Gasteiger partial charge in [0.15, 0.2) is 5.78 Å². The molecule has 3 heterocycles. The number of aryl methyl sites for hydroxylation is 1. The van der Waals surface area contributed by atoms with E-state index in [-0.39, 0.29) is 24.1 Å². The molecule has 1 saturated heterocycles. The molecule has 3 aromatic rings. The zero-order valence-electron chi connectivity index (χ0n) is 16.7. The predicted octanol–water partition coefficient (Wildman–Crippen LogP) is 3.55. The zero-order valence-corrected chi connectivity index (χ0v) is 18.3. The Bertz CT molecular complexity index is 1170. The van der Waals surface area contributed by atoms with Crippen LogP contribution in [0.1, 0.15) is 29.4 Å². The Balaban J connectivity index is 1.50. The summed E-state index contributed by atoms with van der Waals surface area (Å²) in [6.45, 7) is 3.96. The first-order valence-electron chi connectivity index (χ1n) is 9.67. The van der Waals surface area contributed by atoms with Crippen molar-refractivity contribution in [1.29, 1.82) is 0 Å². The van der Waals surface area contributed by atoms with Crippen molar-refractivity contribution in [2.45, 2.75) is 32.9 Å². The van der Waals surface area contributed by atoms with Gasteiger partial charge in [-0.25, -0.2) is 4.98 Å². The van der Waals surface area contributed by atoms with Gasteiger partial charge in [-0.1, -0.05) is 22.0 Å². The number of nitrogens with zero attached hydrogens (tertiary/aromatic N) is 3. The molecule has 0 radical (unpaired) electrons. The van der Waals surface area contributed by atoms with Crippen LogP contribution in [0.15, 0.2) is 47.1 Å². The van der Waals surface area contributed by atoms with E-state index in [2.05, 4.69) is 26.2 Å². The highest BCUT2D eigenvalue weighted by molar-refractivity contribution is 9.10. The maximum absolute atomic E-state index is 12.9. The smallest absolute Gasteiger partial charge is 0.248 e. The van der Waals surface area contributed by atoms with E-state index in [9.17, 15) is 14.4 Å². The van der Waals surface area contributed by atoms with Gasteiger partial charge in [-0.05, 0) is 50.6 Å². The van der Waals surface area contributed by atoms with Crippen LogP contribution >= 0.6 is 15.9 Å². The fourth-order valence-corrected chi connectivity index (χ4v) is 4.06. The predicted molar refractivity (Wildman–Crippen MR) is 117 cm³/mol. The number of halogens is 1. The normalized spacial score (nSPS) is 15.7. The molecule has 1 aromatic carbocycles. The van der Waals surface area contributed by atoms with Gasteiger partial charge in [0.05, 0.1) is 0 Å². The van der Waals surface area contributed by atoms with Crippen molar-refractivity contribution in [2.24, 2.45) is 0 Å². The molecular weight excluding hydrogens is 448 g/mol. The summed E-state index contributed by atoms with van der Waals surface area (Å²) in [4.78, 5) is 43.4. The number of carbonyl (C=O) groups excluding carboxylic acids is 3. The van der Waals surface area contributed by atoms with E-state index in [1.807, 2.05) is 37.3 Å². The van der Waals surface area contributed by atoms with Crippen molar-refractivity contribution in [1.82, 2.24) is 14.5 Å². The fourth-order valence-electron chi connectivity index (χ4n) is 3.70. The van der Waals surface area contributed by atoms with E-state index < -0.39 is 6.04 Å². The number of aromatic nitrogens is 2. The van der Waals surface area contributed by atoms with Gasteiger partial charge in [0.25, 0.3) is 0 Å². The monoisotopic (exact) mass is 468 g/mol. The number of hydrogen-bond acceptors (Lipinski definition) is 4. The van der Waals surface area contributed by atoms with E-state index in [1.165, 1.54) is 6.92 Å². The van der Waals surface area contributed by atoms with Crippen molar-refractivity contribution >= 4 is 50.2 Å². The van der Waals surface area contributed by atoms with Crippen LogP contribution in [-0.4, -0.2) is 44.6 Å². The number of likely N-dealkylation sites (tertiary alicyclic amines) is 1. The molecule has 1 aliphatic rings. The van der Waals surface area contributed by atoms with Crippen LogP contribution in [0.3, 0.4) is 0 Å². The number of fused-ring (bicyclic) bond motifs is 1. The largest absolute Gasteiger partial charge is 0.337 e. The second kappa shape index (κ2) is 8.02. The molecule has 7 nitrogen and oxygen atoms in total. The van der Waals surface area contributed by atoms with Gasteiger partial charge in [-0.3, -0.25) is 14.4 Å². The molecule has 1 fully saturated rings. The third-order valence-corrected chi connectivity index (χ3v) is 5.80. The summed E-state index contributed by atoms with van der Waals surface area (Å²) < 4.78 is 2.64. The number of hydrogen-bond donors (Lipinski definition) is 1. The minimum absolute atomic E-state index is 0.0591. The highest BCUT2D eigenvalue weighted by Crippen LogP contribution is 2.27. The summed E-state index contributed by atoms with van der Waals surface area (Å²) in [5, 5.41) is 3.59. The lowest BCUT2D eigenvalue weighted by Gasteiger charge is -2.39. The maximum Gasteiger partial charge on any atom is 0.248 e. The number of carbonyl (C=O) groups is 3. The SMILES string of the molecule is CC(=O)c1cn(CC(=O)N2CC[C@H]2C(=O)Nc2cccc(C)n2)c2ccc(Br)cc12. The van der Waals surface area contributed by atoms with Crippen molar-refractivity contribution in [3.05, 3.63) is 58.3 Å². The number of benzene rings is 1. The average molecular weight is 469 g/mol. The Morgan fingerprint density at radius 3 is 2.70 bits per heavy atom. The van der Waals surface area contributed by atoms with Crippen LogP contribution in [0.5, 0.6) is 0 Å². The molecule has 0 spiro atoms. The highest BCUT2D eigenvalue weighted by atomic mass is 79.9. The molecular formula is C22H21BrN4O3. The molecule has 1 N–H and O–H groups in total. The van der Waals surface area contributed by atoms with Crippen molar-refractivity contribution in [2.75, 3.05) is 11.9 Å². The number of Topliss-reactive ketones (excluding diaryl/α,β-unsaturated/α-hetero) is 1. The first kappa shape index (κ1) is 20.3. The van der Waals surface area contributed by atoms with Gasteiger partial charge in [-0.2, -0.15) is 0 Å². The summed E-state index contributed by atoms with van der Waals surface area (Å²) in [5.74, 6) is 0.0236. The second-order valence-electron chi connectivity index (χ2n) is 7.43. The Morgan fingerprint density at radius 2 is 2.03 bits per heavy atom. The molecule has 4 rings (SSSR count). The molecule has 0 aliphatic carbocycles. The number of nitrogens with one attached hydrogen (secondary N) is 1. The Labute approximate surface area is 182 Å². The molecule has 0 bridgehead atoms. The lowest BCUT2D eigenvalue weighted by molar-refractivity contribution is -0.145. The van der Waals surface area contributed by atoms with E-state index in [4.69, 9.17) is 0 Å². The average Bonchev–Trinajstić information content (AvgIpc) is 2.98. The van der Waals surface area contributed by atoms with Crippen LogP contribution in [0.2, 0.25) is 0 Å². The Hall–Kier alpha value is -3.00. The van der Waals surface area contributed by atoms with Crippen LogP contribution in [-0.2, 0) is 16.1 Å². The van der Waals surface area contributed by atoms with Gasteiger partial charge in [0.2, 0.25) is 11.8 Å². The maximum atomic E-state index is 12.9. The third kappa shape index (κ3) is 3.87. The summed E-state index contributed by atoms with van der Waals surface area (Å²) in [6.07, 6.45) is 2.32. The topological polar surface area (TPSA) is 84.3 Å². The minimum Gasteiger partial charge on any atom is -0.337 e. The van der Waals surface area contributed by atoms with Crippen LogP contribution in [0, 0.1) is 6.92 Å². The number of anilines is 1. The fraction of sp³-hybridized carbons (Fsp3) is 0.273. The van der Waals surface area contributed by atoms with Gasteiger partial charge in [0.1, 0.15) is 18.4 Å². The number of ketones is 1. The molecule has 2 amide bonds. The van der Waals surface area contributed by atoms with Crippen molar-refractivity contribution in [3.63, 3.8) is 0 Å². The van der Waals surface area contributed by atoms with E-state index >= 15 is 0 Å². The van der Waals surface area contributed by atoms with Gasteiger partial charge in [0, 0.05) is 39.4 Å². The van der Waals surface area contributed by atoms with Crippen molar-refractivity contribution < 1.29 is 14.4 Å². The summed E-state index contributed by atoms with van der Waals surface area (Å²) in [6, 6.07) is 10.5. The second-order valence-corrected chi connectivity index (χ2v) is 8.35. The lowest BCUT2D eigenvalue weighted by Crippen LogP contribution is -2.57. The van der Waals surface area contributed by atoms with Crippen LogP contribution in [0.25, 0.3) is 10.9 Å². The molecule has 30 heavy (non-hydrogen) atoms. The number of pyridine rings is 1. The first-order chi connectivity index (χ1) is 14.3. The van der Waals surface area contributed by atoms with Crippen LogP contribution < -0.4 is 5.32 Å². The standard InChI is InChI=1S/C22H21BrN4O3/c1-13-4-3-5-20(24-13)25-22(30)19-8-9-27(19)21(29)12-26-11-17(14(2)28)16-10-15(23)6-7-18(16)26/h3-7,10-11,19H,8-9,12H2,1-2H3,(H,24,25,30)/t19-/m0/s1. The summed E-state index contributed by atoms with van der Waals surface area (Å²) in [5.41, 5.74) is 2.19. The van der Waals surface area contributed by atoms with Crippen LogP contribution in [0.4, 0.5) is 5.82 Å². The Kier molecular flexibility index (Phi) is 5.42. The molecule has 0 saturated carbocycles. The van der Waals surface area contributed by atoms with Gasteiger partial charge in [-0.15, -0.1) is 0 Å². The zero-order chi connectivity index (χ0) is 21.4. The van der Waals surface area contributed by atoms with Crippen molar-refractivity contribution in [3.8, 4) is 0 Å². The lowest BCUT2D eigenvalue weighted by atomic mass is 10.0. The molecule has 0 unspecified atom stereocenters. The highest BCUT2D eigenvalue weighted by Gasteiger charge is 2.37. The number of rotatable bonds is 5. The van der Waals surface area contributed by atoms with E-state index in [0.717, 1.165) is 21.1 Å². The molecule has 1 atom stereocenters. The Morgan fingerprint density at radius 1 is 1.23 bits per heavy atom.